The minimum absolute atomic E-state index is 0. The van der Waals surface area contributed by atoms with Crippen molar-refractivity contribution in [2.24, 2.45) is 5.41 Å². The van der Waals surface area contributed by atoms with Crippen LogP contribution in [0.25, 0.3) is 0 Å². The smallest absolute Gasteiger partial charge is 0.309 e. The van der Waals surface area contributed by atoms with Gasteiger partial charge < -0.3 is 5.11 Å². The average molecular weight is 280 g/mol. The Balaban J connectivity index is 0. The van der Waals surface area contributed by atoms with Gasteiger partial charge in [0.25, 0.3) is 0 Å². The number of aliphatic carboxylic acids is 1. The maximum absolute atomic E-state index is 10.7. The second-order valence-corrected chi connectivity index (χ2v) is 4.00. The summed E-state index contributed by atoms with van der Waals surface area (Å²) in [5.74, 6) is -0.681. The van der Waals surface area contributed by atoms with Crippen molar-refractivity contribution in [3.8, 4) is 0 Å². The van der Waals surface area contributed by atoms with Gasteiger partial charge in [-0.3, -0.25) is 4.79 Å². The van der Waals surface area contributed by atoms with Crippen molar-refractivity contribution in [1.29, 1.82) is 0 Å². The van der Waals surface area contributed by atoms with Crippen molar-refractivity contribution >= 4 is 5.97 Å². The largest absolute Gasteiger partial charge is 0.481 e. The Morgan fingerprint density at radius 1 is 1.23 bits per heavy atom. The minimum atomic E-state index is -0.681. The molecule has 0 bridgehead atoms. The fourth-order valence-corrected chi connectivity index (χ4v) is 1.10. The molecule has 3 heteroatoms. The first-order chi connectivity index (χ1) is 5.50. The monoisotopic (exact) mass is 279 g/mol. The van der Waals surface area contributed by atoms with E-state index in [1.165, 1.54) is 12.8 Å². The van der Waals surface area contributed by atoms with Crippen LogP contribution < -0.4 is 0 Å². The molecule has 0 unspecified atom stereocenters. The Kier molecular flexibility index (Phi) is 9.16. The van der Waals surface area contributed by atoms with Crippen LogP contribution in [0.4, 0.5) is 0 Å². The zero-order valence-electron chi connectivity index (χ0n) is 8.69. The van der Waals surface area contributed by atoms with Crippen molar-refractivity contribution in [3.63, 3.8) is 0 Å². The molecule has 0 fully saturated rings. The Morgan fingerprint density at radius 2 is 1.77 bits per heavy atom. The summed E-state index contributed by atoms with van der Waals surface area (Å²) >= 11 is 0. The molecule has 13 heavy (non-hydrogen) atoms. The fraction of sp³-hybridized carbons (Fsp3) is 0.900. The van der Waals surface area contributed by atoms with Gasteiger partial charge in [0.15, 0.2) is 0 Å². The number of carboxylic acids is 1. The van der Waals surface area contributed by atoms with E-state index in [2.05, 4.69) is 6.92 Å². The summed E-state index contributed by atoms with van der Waals surface area (Å²) < 4.78 is 0. The van der Waals surface area contributed by atoms with Crippen LogP contribution in [0.3, 0.4) is 0 Å². The van der Waals surface area contributed by atoms with E-state index in [4.69, 9.17) is 5.11 Å². The summed E-state index contributed by atoms with van der Waals surface area (Å²) in [6, 6.07) is 0. The van der Waals surface area contributed by atoms with Gasteiger partial charge in [-0.25, -0.2) is 0 Å². The molecule has 1 N–H and O–H groups in total. The molecule has 2 nitrogen and oxygen atoms in total. The standard InChI is InChI=1S/C10H20O2.Ag/c1-4-5-6-7-8-10(2,3)9(11)12;/h4-8H2,1-3H3,(H,11,12);. The van der Waals surface area contributed by atoms with Crippen LogP contribution in [-0.4, -0.2) is 11.1 Å². The predicted octanol–water partition coefficient (Wildman–Crippen LogP) is 3.07. The summed E-state index contributed by atoms with van der Waals surface area (Å²) in [5.41, 5.74) is -0.534. The molecule has 0 saturated carbocycles. The number of rotatable bonds is 6. The normalized spacial score (nSPS) is 10.7. The Bertz CT molecular complexity index is 144. The predicted molar refractivity (Wildman–Crippen MR) is 50.2 cm³/mol. The van der Waals surface area contributed by atoms with E-state index in [1.807, 2.05) is 0 Å². The topological polar surface area (TPSA) is 37.3 Å². The molecule has 0 aromatic rings. The maximum atomic E-state index is 10.7. The number of hydrogen-bond acceptors (Lipinski definition) is 1. The van der Waals surface area contributed by atoms with Crippen molar-refractivity contribution in [3.05, 3.63) is 0 Å². The Hall–Kier alpha value is 0.210. The first-order valence-electron chi connectivity index (χ1n) is 4.74. The first-order valence-corrected chi connectivity index (χ1v) is 4.74. The van der Waals surface area contributed by atoms with Crippen LogP contribution in [0.2, 0.25) is 0 Å². The first kappa shape index (κ1) is 15.7. The van der Waals surface area contributed by atoms with Crippen molar-refractivity contribution < 1.29 is 32.3 Å². The Morgan fingerprint density at radius 3 is 2.15 bits per heavy atom. The maximum Gasteiger partial charge on any atom is 0.309 e. The van der Waals surface area contributed by atoms with Crippen LogP contribution in [0.5, 0.6) is 0 Å². The van der Waals surface area contributed by atoms with Gasteiger partial charge in [-0.1, -0.05) is 32.6 Å². The van der Waals surface area contributed by atoms with Gasteiger partial charge in [-0.2, -0.15) is 0 Å². The van der Waals surface area contributed by atoms with Crippen molar-refractivity contribution in [2.45, 2.75) is 52.9 Å². The molecule has 0 saturated heterocycles. The summed E-state index contributed by atoms with van der Waals surface area (Å²) in [6.07, 6.45) is 5.41. The number of unbranched alkanes of at least 4 members (excludes halogenated alkanes) is 3. The molecular formula is C10H20AgO2. The second kappa shape index (κ2) is 7.60. The van der Waals surface area contributed by atoms with Crippen molar-refractivity contribution in [2.75, 3.05) is 0 Å². The zero-order chi connectivity index (χ0) is 9.61. The van der Waals surface area contributed by atoms with Crippen LogP contribution in [0, 0.1) is 5.41 Å². The average Bonchev–Trinajstić information content (AvgIpc) is 1.98. The molecule has 1 radical (unpaired) electrons. The molecular weight excluding hydrogens is 260 g/mol. The quantitative estimate of drug-likeness (QED) is 0.599. The number of hydrogen-bond donors (Lipinski definition) is 1. The summed E-state index contributed by atoms with van der Waals surface area (Å²) in [6.45, 7) is 5.74. The van der Waals surface area contributed by atoms with Gasteiger partial charge in [0.05, 0.1) is 5.41 Å². The molecule has 0 atom stereocenters. The third-order valence-electron chi connectivity index (χ3n) is 2.23. The zero-order valence-corrected chi connectivity index (χ0v) is 10.2. The van der Waals surface area contributed by atoms with Crippen molar-refractivity contribution in [1.82, 2.24) is 0 Å². The molecule has 0 heterocycles. The van der Waals surface area contributed by atoms with E-state index in [0.29, 0.717) is 0 Å². The second-order valence-electron chi connectivity index (χ2n) is 4.00. The van der Waals surface area contributed by atoms with Gasteiger partial charge in [-0.15, -0.1) is 0 Å². The molecule has 0 rings (SSSR count). The van der Waals surface area contributed by atoms with E-state index < -0.39 is 11.4 Å². The number of carboxylic acid groups (broad SMARTS) is 1. The summed E-state index contributed by atoms with van der Waals surface area (Å²) in [5, 5.41) is 8.80. The Labute approximate surface area is 96.6 Å². The van der Waals surface area contributed by atoms with E-state index in [1.54, 1.807) is 13.8 Å². The van der Waals surface area contributed by atoms with Gasteiger partial charge in [0, 0.05) is 22.4 Å². The molecule has 0 aliphatic heterocycles. The van der Waals surface area contributed by atoms with E-state index in [-0.39, 0.29) is 22.4 Å². The molecule has 0 aliphatic carbocycles. The summed E-state index contributed by atoms with van der Waals surface area (Å²) in [4.78, 5) is 10.7. The van der Waals surface area contributed by atoms with Crippen LogP contribution in [-0.2, 0) is 27.2 Å². The van der Waals surface area contributed by atoms with E-state index >= 15 is 0 Å². The third-order valence-corrected chi connectivity index (χ3v) is 2.23. The van der Waals surface area contributed by atoms with Gasteiger partial charge in [0.2, 0.25) is 0 Å². The van der Waals surface area contributed by atoms with Gasteiger partial charge >= 0.3 is 5.97 Å². The van der Waals surface area contributed by atoms with Crippen LogP contribution in [0.15, 0.2) is 0 Å². The van der Waals surface area contributed by atoms with E-state index in [9.17, 15) is 4.79 Å². The molecule has 0 aromatic carbocycles. The molecule has 0 spiro atoms. The van der Waals surface area contributed by atoms with Gasteiger partial charge in [-0.05, 0) is 20.3 Å². The third kappa shape index (κ3) is 7.29. The molecule has 0 aromatic heterocycles. The molecule has 0 amide bonds. The molecule has 0 aliphatic rings. The van der Waals surface area contributed by atoms with Crippen LogP contribution >= 0.6 is 0 Å². The van der Waals surface area contributed by atoms with Gasteiger partial charge in [0.1, 0.15) is 0 Å². The van der Waals surface area contributed by atoms with E-state index in [0.717, 1.165) is 19.3 Å². The summed E-state index contributed by atoms with van der Waals surface area (Å²) in [7, 11) is 0. The van der Waals surface area contributed by atoms with Crippen LogP contribution in [0.1, 0.15) is 52.9 Å². The minimum Gasteiger partial charge on any atom is -0.481 e. The SMILES string of the molecule is CCCCCCC(C)(C)C(=O)O.[Ag]. The number of carbonyl (C=O) groups is 1. The molecule has 83 valence electrons. The fourth-order valence-electron chi connectivity index (χ4n) is 1.10.